The summed E-state index contributed by atoms with van der Waals surface area (Å²) in [6, 6.07) is 0. The molecule has 1 unspecified atom stereocenters. The van der Waals surface area contributed by atoms with E-state index < -0.39 is 0 Å². The average Bonchev–Trinajstić information content (AvgIpc) is 2.59. The van der Waals surface area contributed by atoms with Gasteiger partial charge in [-0.2, -0.15) is 0 Å². The molecule has 90 valence electrons. The zero-order valence-corrected chi connectivity index (χ0v) is 10.6. The number of hydrogen-bond acceptors (Lipinski definition) is 3. The standard InChI is InChI=1S/C12H27N3/c1-12(2,10-13)5-6-14-8-11-4-7-15(3)9-11/h11,14H,4-10,13H2,1-3H3. The molecule has 1 aliphatic rings. The van der Waals surface area contributed by atoms with Crippen LogP contribution in [0.3, 0.4) is 0 Å². The van der Waals surface area contributed by atoms with Gasteiger partial charge in [0, 0.05) is 6.54 Å². The summed E-state index contributed by atoms with van der Waals surface area (Å²) in [5.74, 6) is 0.857. The molecule has 1 rings (SSSR count). The third-order valence-corrected chi connectivity index (χ3v) is 3.45. The Hall–Kier alpha value is -0.120. The largest absolute Gasteiger partial charge is 0.330 e. The summed E-state index contributed by atoms with van der Waals surface area (Å²) in [6.07, 6.45) is 2.52. The second-order valence-corrected chi connectivity index (χ2v) is 5.74. The Bertz CT molecular complexity index is 180. The van der Waals surface area contributed by atoms with E-state index in [1.807, 2.05) is 0 Å². The van der Waals surface area contributed by atoms with Crippen molar-refractivity contribution in [2.75, 3.05) is 39.8 Å². The van der Waals surface area contributed by atoms with Gasteiger partial charge in [0.25, 0.3) is 0 Å². The van der Waals surface area contributed by atoms with Gasteiger partial charge in [0.1, 0.15) is 0 Å². The lowest BCUT2D eigenvalue weighted by atomic mass is 9.89. The predicted molar refractivity (Wildman–Crippen MR) is 65.9 cm³/mol. The van der Waals surface area contributed by atoms with Gasteiger partial charge >= 0.3 is 0 Å². The van der Waals surface area contributed by atoms with Crippen molar-refractivity contribution in [2.24, 2.45) is 17.1 Å². The second-order valence-electron chi connectivity index (χ2n) is 5.74. The van der Waals surface area contributed by atoms with Crippen molar-refractivity contribution in [2.45, 2.75) is 26.7 Å². The van der Waals surface area contributed by atoms with E-state index in [0.717, 1.165) is 19.0 Å². The van der Waals surface area contributed by atoms with Gasteiger partial charge in [0.15, 0.2) is 0 Å². The maximum absolute atomic E-state index is 5.69. The summed E-state index contributed by atoms with van der Waals surface area (Å²) >= 11 is 0. The molecule has 0 bridgehead atoms. The first kappa shape index (κ1) is 12.9. The molecule has 3 heteroatoms. The summed E-state index contributed by atoms with van der Waals surface area (Å²) < 4.78 is 0. The lowest BCUT2D eigenvalue weighted by Crippen LogP contribution is -2.31. The molecular weight excluding hydrogens is 186 g/mol. The lowest BCUT2D eigenvalue weighted by Gasteiger charge is -2.22. The molecule has 0 aromatic heterocycles. The molecule has 3 N–H and O–H groups in total. The van der Waals surface area contributed by atoms with Crippen LogP contribution >= 0.6 is 0 Å². The predicted octanol–water partition coefficient (Wildman–Crippen LogP) is 0.903. The van der Waals surface area contributed by atoms with Gasteiger partial charge in [-0.15, -0.1) is 0 Å². The fourth-order valence-corrected chi connectivity index (χ4v) is 2.03. The minimum absolute atomic E-state index is 0.291. The smallest absolute Gasteiger partial charge is 0.00192 e. The fraction of sp³-hybridized carbons (Fsp3) is 1.00. The Morgan fingerprint density at radius 2 is 2.20 bits per heavy atom. The van der Waals surface area contributed by atoms with Crippen LogP contribution in [0.1, 0.15) is 26.7 Å². The summed E-state index contributed by atoms with van der Waals surface area (Å²) in [7, 11) is 2.21. The normalized spacial score (nSPS) is 23.6. The topological polar surface area (TPSA) is 41.3 Å². The van der Waals surface area contributed by atoms with E-state index in [4.69, 9.17) is 5.73 Å². The van der Waals surface area contributed by atoms with Crippen LogP contribution in [0.2, 0.25) is 0 Å². The molecule has 1 heterocycles. The van der Waals surface area contributed by atoms with Gasteiger partial charge in [0.2, 0.25) is 0 Å². The van der Waals surface area contributed by atoms with Crippen LogP contribution in [-0.2, 0) is 0 Å². The van der Waals surface area contributed by atoms with Crippen LogP contribution in [0.4, 0.5) is 0 Å². The number of nitrogens with zero attached hydrogens (tertiary/aromatic N) is 1. The quantitative estimate of drug-likeness (QED) is 0.644. The Kier molecular flexibility index (Phi) is 5.03. The number of nitrogens with one attached hydrogen (secondary N) is 1. The zero-order valence-electron chi connectivity index (χ0n) is 10.6. The maximum atomic E-state index is 5.69. The van der Waals surface area contributed by atoms with Crippen molar-refractivity contribution in [3.8, 4) is 0 Å². The molecule has 0 aromatic rings. The van der Waals surface area contributed by atoms with Crippen LogP contribution in [0.5, 0.6) is 0 Å². The molecule has 0 saturated carbocycles. The summed E-state index contributed by atoms with van der Waals surface area (Å²) in [4.78, 5) is 2.41. The molecule has 3 nitrogen and oxygen atoms in total. The Balaban J connectivity index is 2.02. The minimum atomic E-state index is 0.291. The highest BCUT2D eigenvalue weighted by atomic mass is 15.1. The maximum Gasteiger partial charge on any atom is 0.00192 e. The van der Waals surface area contributed by atoms with E-state index in [2.05, 4.69) is 31.1 Å². The zero-order chi connectivity index (χ0) is 11.3. The van der Waals surface area contributed by atoms with E-state index in [1.54, 1.807) is 0 Å². The SMILES string of the molecule is CN1CCC(CNCCC(C)(C)CN)C1. The second kappa shape index (κ2) is 5.83. The number of rotatable bonds is 6. The minimum Gasteiger partial charge on any atom is -0.330 e. The van der Waals surface area contributed by atoms with E-state index in [-0.39, 0.29) is 0 Å². The van der Waals surface area contributed by atoms with Crippen molar-refractivity contribution in [3.63, 3.8) is 0 Å². The molecule has 0 radical (unpaired) electrons. The Morgan fingerprint density at radius 1 is 1.47 bits per heavy atom. The van der Waals surface area contributed by atoms with Crippen LogP contribution < -0.4 is 11.1 Å². The average molecular weight is 213 g/mol. The fourth-order valence-electron chi connectivity index (χ4n) is 2.03. The first-order chi connectivity index (χ1) is 7.03. The monoisotopic (exact) mass is 213 g/mol. The first-order valence-corrected chi connectivity index (χ1v) is 6.13. The van der Waals surface area contributed by atoms with Gasteiger partial charge in [-0.25, -0.2) is 0 Å². The highest BCUT2D eigenvalue weighted by molar-refractivity contribution is 4.76. The summed E-state index contributed by atoms with van der Waals surface area (Å²) in [5, 5.41) is 3.56. The molecule has 0 amide bonds. The molecule has 1 fully saturated rings. The highest BCUT2D eigenvalue weighted by Gasteiger charge is 2.19. The lowest BCUT2D eigenvalue weighted by molar-refractivity contribution is 0.330. The number of nitrogens with two attached hydrogens (primary N) is 1. The third-order valence-electron chi connectivity index (χ3n) is 3.45. The molecule has 15 heavy (non-hydrogen) atoms. The van der Waals surface area contributed by atoms with Crippen LogP contribution in [-0.4, -0.2) is 44.7 Å². The summed E-state index contributed by atoms with van der Waals surface area (Å²) in [6.45, 7) is 10.0. The number of likely N-dealkylation sites (tertiary alicyclic amines) is 1. The van der Waals surface area contributed by atoms with E-state index in [9.17, 15) is 0 Å². The van der Waals surface area contributed by atoms with Gasteiger partial charge in [-0.1, -0.05) is 13.8 Å². The van der Waals surface area contributed by atoms with Gasteiger partial charge in [-0.3, -0.25) is 0 Å². The van der Waals surface area contributed by atoms with Crippen molar-refractivity contribution in [1.82, 2.24) is 10.2 Å². The third kappa shape index (κ3) is 4.96. The van der Waals surface area contributed by atoms with Crippen LogP contribution in [0, 0.1) is 11.3 Å². The van der Waals surface area contributed by atoms with E-state index in [0.29, 0.717) is 5.41 Å². The van der Waals surface area contributed by atoms with Crippen molar-refractivity contribution < 1.29 is 0 Å². The Labute approximate surface area is 94.4 Å². The van der Waals surface area contributed by atoms with Crippen molar-refractivity contribution in [1.29, 1.82) is 0 Å². The van der Waals surface area contributed by atoms with Crippen LogP contribution in [0.15, 0.2) is 0 Å². The van der Waals surface area contributed by atoms with Crippen molar-refractivity contribution >= 4 is 0 Å². The molecular formula is C12H27N3. The molecule has 1 saturated heterocycles. The van der Waals surface area contributed by atoms with Gasteiger partial charge in [0.05, 0.1) is 0 Å². The highest BCUT2D eigenvalue weighted by Crippen LogP contribution is 2.17. The molecule has 0 aromatic carbocycles. The van der Waals surface area contributed by atoms with Crippen molar-refractivity contribution in [3.05, 3.63) is 0 Å². The van der Waals surface area contributed by atoms with Crippen LogP contribution in [0.25, 0.3) is 0 Å². The first-order valence-electron chi connectivity index (χ1n) is 6.13. The molecule has 0 aliphatic carbocycles. The number of hydrogen-bond donors (Lipinski definition) is 2. The Morgan fingerprint density at radius 3 is 2.73 bits per heavy atom. The molecule has 1 aliphatic heterocycles. The van der Waals surface area contributed by atoms with Gasteiger partial charge in [-0.05, 0) is 57.4 Å². The summed E-state index contributed by atoms with van der Waals surface area (Å²) in [5.41, 5.74) is 5.99. The molecule has 1 atom stereocenters. The van der Waals surface area contributed by atoms with E-state index >= 15 is 0 Å². The van der Waals surface area contributed by atoms with E-state index in [1.165, 1.54) is 32.5 Å². The van der Waals surface area contributed by atoms with Gasteiger partial charge < -0.3 is 16.0 Å². The molecule has 0 spiro atoms.